The van der Waals surface area contributed by atoms with Gasteiger partial charge in [-0.15, -0.1) is 0 Å². The number of quaternary nitrogens is 1. The SMILES string of the molecule is CCOC[N+]1(C(C)(C)C)CCCC1.O=[N+]([O-])[O-]. The number of hydrogen-bond donors (Lipinski definition) is 0. The molecule has 1 saturated heterocycles. The minimum atomic E-state index is -1.75. The lowest BCUT2D eigenvalue weighted by Gasteiger charge is -2.45. The van der Waals surface area contributed by atoms with Gasteiger partial charge in [-0.25, -0.2) is 0 Å². The molecule has 0 atom stereocenters. The summed E-state index contributed by atoms with van der Waals surface area (Å²) in [6.45, 7) is 13.4. The summed E-state index contributed by atoms with van der Waals surface area (Å²) < 4.78 is 6.77. The van der Waals surface area contributed by atoms with Crippen molar-refractivity contribution in [2.24, 2.45) is 0 Å². The van der Waals surface area contributed by atoms with E-state index >= 15 is 0 Å². The highest BCUT2D eigenvalue weighted by atomic mass is 16.9. The number of rotatable bonds is 3. The fourth-order valence-corrected chi connectivity index (χ4v) is 2.20. The molecule has 1 fully saturated rings. The van der Waals surface area contributed by atoms with Gasteiger partial charge in [0.05, 0.1) is 23.7 Å². The second-order valence-electron chi connectivity index (χ2n) is 5.32. The lowest BCUT2D eigenvalue weighted by Crippen LogP contribution is -2.59. The fourth-order valence-electron chi connectivity index (χ4n) is 2.20. The van der Waals surface area contributed by atoms with Crippen LogP contribution in [0.1, 0.15) is 40.5 Å². The van der Waals surface area contributed by atoms with Crippen molar-refractivity contribution in [1.29, 1.82) is 0 Å². The Morgan fingerprint density at radius 3 is 1.94 bits per heavy atom. The van der Waals surface area contributed by atoms with Crippen molar-refractivity contribution in [1.82, 2.24) is 0 Å². The van der Waals surface area contributed by atoms with E-state index in [1.807, 2.05) is 0 Å². The van der Waals surface area contributed by atoms with Gasteiger partial charge in [-0.2, -0.15) is 0 Å². The summed E-state index contributed by atoms with van der Waals surface area (Å²) in [4.78, 5) is 8.25. The predicted molar refractivity (Wildman–Crippen MR) is 65.8 cm³/mol. The zero-order valence-electron chi connectivity index (χ0n) is 11.3. The summed E-state index contributed by atoms with van der Waals surface area (Å²) in [5.41, 5.74) is 0.339. The molecule has 6 nitrogen and oxygen atoms in total. The van der Waals surface area contributed by atoms with Gasteiger partial charge >= 0.3 is 0 Å². The number of likely N-dealkylation sites (tertiary alicyclic amines) is 1. The first kappa shape index (κ1) is 16.1. The molecule has 1 aliphatic rings. The van der Waals surface area contributed by atoms with E-state index in [4.69, 9.17) is 20.1 Å². The van der Waals surface area contributed by atoms with Crippen molar-refractivity contribution in [3.8, 4) is 0 Å². The Morgan fingerprint density at radius 1 is 1.24 bits per heavy atom. The van der Waals surface area contributed by atoms with E-state index in [0.29, 0.717) is 5.54 Å². The first-order valence-electron chi connectivity index (χ1n) is 6.00. The normalized spacial score (nSPS) is 18.4. The van der Waals surface area contributed by atoms with E-state index in [1.165, 1.54) is 25.9 Å². The highest BCUT2D eigenvalue weighted by Crippen LogP contribution is 2.30. The average Bonchev–Trinajstić information content (AvgIpc) is 2.62. The Labute approximate surface area is 103 Å². The van der Waals surface area contributed by atoms with Crippen LogP contribution in [0.5, 0.6) is 0 Å². The maximum absolute atomic E-state index is 8.25. The van der Waals surface area contributed by atoms with Crippen LogP contribution in [0.3, 0.4) is 0 Å². The molecule has 0 saturated carbocycles. The van der Waals surface area contributed by atoms with Crippen molar-refractivity contribution >= 4 is 0 Å². The first-order valence-corrected chi connectivity index (χ1v) is 6.00. The quantitative estimate of drug-likeness (QED) is 0.435. The summed E-state index contributed by atoms with van der Waals surface area (Å²) in [7, 11) is 0. The number of nitrogens with zero attached hydrogens (tertiary/aromatic N) is 2. The monoisotopic (exact) mass is 248 g/mol. The Bertz CT molecular complexity index is 228. The smallest absolute Gasteiger partial charge is 0.183 e. The average molecular weight is 248 g/mol. The van der Waals surface area contributed by atoms with E-state index in [9.17, 15) is 0 Å². The largest absolute Gasteiger partial charge is 0.356 e. The van der Waals surface area contributed by atoms with Crippen LogP contribution in [0.15, 0.2) is 0 Å². The van der Waals surface area contributed by atoms with E-state index < -0.39 is 5.09 Å². The topological polar surface area (TPSA) is 75.4 Å². The molecule has 0 spiro atoms. The van der Waals surface area contributed by atoms with Gasteiger partial charge in [0.15, 0.2) is 6.73 Å². The van der Waals surface area contributed by atoms with E-state index in [1.54, 1.807) is 0 Å². The van der Waals surface area contributed by atoms with Gasteiger partial charge < -0.3 is 20.1 Å². The molecule has 0 aliphatic carbocycles. The van der Waals surface area contributed by atoms with Crippen LogP contribution < -0.4 is 0 Å². The third-order valence-corrected chi connectivity index (χ3v) is 3.39. The second-order valence-corrected chi connectivity index (χ2v) is 5.32. The first-order chi connectivity index (χ1) is 7.75. The molecule has 0 N–H and O–H groups in total. The molecule has 1 aliphatic heterocycles. The lowest BCUT2D eigenvalue weighted by atomic mass is 10.0. The fraction of sp³-hybridized carbons (Fsp3) is 1.00. The van der Waals surface area contributed by atoms with Crippen LogP contribution in [0, 0.1) is 15.3 Å². The van der Waals surface area contributed by atoms with Crippen LogP contribution in [0.2, 0.25) is 0 Å². The molecule has 102 valence electrons. The third kappa shape index (κ3) is 5.32. The molecule has 0 radical (unpaired) electrons. The summed E-state index contributed by atoms with van der Waals surface area (Å²) in [6.07, 6.45) is 2.73. The molecule has 0 bridgehead atoms. The summed E-state index contributed by atoms with van der Waals surface area (Å²) in [5.74, 6) is 0. The molecule has 0 aromatic heterocycles. The molecule has 6 heteroatoms. The van der Waals surface area contributed by atoms with Crippen molar-refractivity contribution in [3.05, 3.63) is 15.3 Å². The highest BCUT2D eigenvalue weighted by molar-refractivity contribution is 4.67. The zero-order valence-corrected chi connectivity index (χ0v) is 11.3. The van der Waals surface area contributed by atoms with Gasteiger partial charge in [0, 0.05) is 19.4 Å². The van der Waals surface area contributed by atoms with Crippen LogP contribution >= 0.6 is 0 Å². The van der Waals surface area contributed by atoms with Crippen LogP contribution in [-0.2, 0) is 4.74 Å². The number of hydrogen-bond acceptors (Lipinski definition) is 4. The van der Waals surface area contributed by atoms with Crippen molar-refractivity contribution in [3.63, 3.8) is 0 Å². The lowest BCUT2D eigenvalue weighted by molar-refractivity contribution is -0.976. The molecular weight excluding hydrogens is 224 g/mol. The molecule has 17 heavy (non-hydrogen) atoms. The highest BCUT2D eigenvalue weighted by Gasteiger charge is 2.42. The van der Waals surface area contributed by atoms with Gasteiger partial charge in [-0.05, 0) is 27.7 Å². The van der Waals surface area contributed by atoms with E-state index in [2.05, 4.69) is 27.7 Å². The maximum atomic E-state index is 8.25. The van der Waals surface area contributed by atoms with Crippen LogP contribution in [0.25, 0.3) is 0 Å². The van der Waals surface area contributed by atoms with E-state index in [-0.39, 0.29) is 0 Å². The second kappa shape index (κ2) is 6.76. The minimum Gasteiger partial charge on any atom is -0.356 e. The molecule has 1 rings (SSSR count). The Morgan fingerprint density at radius 2 is 1.65 bits per heavy atom. The molecule has 1 heterocycles. The van der Waals surface area contributed by atoms with Gasteiger partial charge in [-0.1, -0.05) is 0 Å². The summed E-state index contributed by atoms with van der Waals surface area (Å²) in [5, 5.41) is 14.8. The van der Waals surface area contributed by atoms with Crippen LogP contribution in [0.4, 0.5) is 0 Å². The third-order valence-electron chi connectivity index (χ3n) is 3.39. The van der Waals surface area contributed by atoms with Gasteiger partial charge in [0.1, 0.15) is 0 Å². The Hall–Kier alpha value is -0.880. The molecule has 0 aromatic carbocycles. The minimum absolute atomic E-state index is 0.339. The molecule has 0 amide bonds. The summed E-state index contributed by atoms with van der Waals surface area (Å²) >= 11 is 0. The van der Waals surface area contributed by atoms with Gasteiger partial charge in [0.2, 0.25) is 0 Å². The zero-order chi connectivity index (χ0) is 13.5. The van der Waals surface area contributed by atoms with Crippen molar-refractivity contribution < 1.29 is 14.3 Å². The van der Waals surface area contributed by atoms with Gasteiger partial charge in [-0.3, -0.25) is 4.48 Å². The van der Waals surface area contributed by atoms with Crippen molar-refractivity contribution in [2.45, 2.75) is 46.1 Å². The summed E-state index contributed by atoms with van der Waals surface area (Å²) in [6, 6.07) is 0. The predicted octanol–water partition coefficient (Wildman–Crippen LogP) is 2.15. The maximum Gasteiger partial charge on any atom is 0.183 e. The van der Waals surface area contributed by atoms with Crippen LogP contribution in [-0.4, -0.2) is 41.5 Å². The standard InChI is InChI=1S/C11H24NO.NO3/c1-5-13-10-12(11(2,3)4)8-6-7-9-12;2-1(3)4/h5-10H2,1-4H3;/q+1;-1. The van der Waals surface area contributed by atoms with E-state index in [0.717, 1.165) is 17.8 Å². The molecular formula is C11H24N2O4. The number of ether oxygens (including phenoxy) is 1. The Balaban J connectivity index is 0.000000557. The van der Waals surface area contributed by atoms with Crippen molar-refractivity contribution in [2.75, 3.05) is 26.4 Å². The molecule has 0 unspecified atom stereocenters. The Kier molecular flexibility index (Phi) is 6.41. The molecule has 0 aromatic rings. The van der Waals surface area contributed by atoms with Gasteiger partial charge in [0.25, 0.3) is 0 Å².